The van der Waals surface area contributed by atoms with E-state index in [0.29, 0.717) is 0 Å². The van der Waals surface area contributed by atoms with Crippen molar-refractivity contribution < 1.29 is 9.90 Å². The second kappa shape index (κ2) is 6.57. The number of aromatic nitrogens is 2. The largest absolute Gasteiger partial charge is 0.480 e. The molecule has 5 N–H and O–H groups in total. The molecule has 1 atom stereocenters. The molecule has 0 spiro atoms. The van der Waals surface area contributed by atoms with Gasteiger partial charge in [0.05, 0.1) is 19.2 Å². The third-order valence-electron chi connectivity index (χ3n) is 1.88. The number of hydrogen-bond acceptors (Lipinski definition) is 5. The number of imidazole rings is 1. The van der Waals surface area contributed by atoms with E-state index in [0.717, 1.165) is 18.8 Å². The molecular weight excluding hydrogens is 210 g/mol. The van der Waals surface area contributed by atoms with Crippen LogP contribution in [-0.2, 0) is 11.2 Å². The molecule has 1 aromatic rings. The maximum Gasteiger partial charge on any atom is 0.320 e. The monoisotopic (exact) mass is 225 g/mol. The summed E-state index contributed by atoms with van der Waals surface area (Å²) in [5.41, 5.74) is 6.00. The van der Waals surface area contributed by atoms with Gasteiger partial charge in [0.2, 0.25) is 0 Å². The van der Waals surface area contributed by atoms with Crippen LogP contribution in [0.15, 0.2) is 17.5 Å². The highest BCUT2D eigenvalue weighted by molar-refractivity contribution is 5.73. The Morgan fingerprint density at radius 2 is 2.50 bits per heavy atom. The van der Waals surface area contributed by atoms with Gasteiger partial charge in [0.25, 0.3) is 0 Å². The molecule has 0 fully saturated rings. The summed E-state index contributed by atoms with van der Waals surface area (Å²) in [6.45, 7) is 1.99. The number of nitrogens with zero attached hydrogens (tertiary/aromatic N) is 2. The minimum atomic E-state index is -1.00. The number of carboxylic acids is 1. The van der Waals surface area contributed by atoms with Crippen molar-refractivity contribution in [2.75, 3.05) is 13.1 Å². The van der Waals surface area contributed by atoms with Gasteiger partial charge in [-0.1, -0.05) is 0 Å². The smallest absolute Gasteiger partial charge is 0.320 e. The van der Waals surface area contributed by atoms with E-state index in [4.69, 9.17) is 10.8 Å². The van der Waals surface area contributed by atoms with Gasteiger partial charge in [-0.25, -0.2) is 4.98 Å². The second-order valence-corrected chi connectivity index (χ2v) is 3.22. The molecular formula is C9H15N5O2. The minimum absolute atomic E-state index is 0.287. The molecule has 0 saturated carbocycles. The van der Waals surface area contributed by atoms with Crippen LogP contribution in [0.2, 0.25) is 0 Å². The zero-order chi connectivity index (χ0) is 11.8. The van der Waals surface area contributed by atoms with Crippen LogP contribution in [0.3, 0.4) is 0 Å². The van der Waals surface area contributed by atoms with Gasteiger partial charge < -0.3 is 21.1 Å². The van der Waals surface area contributed by atoms with Crippen LogP contribution >= 0.6 is 0 Å². The highest BCUT2D eigenvalue weighted by atomic mass is 16.4. The number of nitrogens with one attached hydrogen (secondary N) is 2. The first-order valence-electron chi connectivity index (χ1n) is 4.87. The Morgan fingerprint density at radius 1 is 1.69 bits per heavy atom. The van der Waals surface area contributed by atoms with E-state index in [1.54, 1.807) is 12.5 Å². The molecule has 0 aliphatic carbocycles. The molecule has 2 rings (SSSR count). The molecule has 0 amide bonds. The highest BCUT2D eigenvalue weighted by Gasteiger charge is 2.11. The van der Waals surface area contributed by atoms with Gasteiger partial charge in [0.1, 0.15) is 6.04 Å². The third-order valence-corrected chi connectivity index (χ3v) is 1.88. The molecule has 0 radical (unpaired) electrons. The lowest BCUT2D eigenvalue weighted by molar-refractivity contribution is -0.138. The lowest BCUT2D eigenvalue weighted by Gasteiger charge is -2.02. The first-order valence-corrected chi connectivity index (χ1v) is 4.87. The molecule has 0 aromatic carbocycles. The predicted molar refractivity (Wildman–Crippen MR) is 59.3 cm³/mol. The van der Waals surface area contributed by atoms with Gasteiger partial charge in [-0.3, -0.25) is 9.79 Å². The van der Waals surface area contributed by atoms with Crippen LogP contribution in [-0.4, -0.2) is 46.5 Å². The summed E-state index contributed by atoms with van der Waals surface area (Å²) in [5.74, 6) is -1.00. The fourth-order valence-electron chi connectivity index (χ4n) is 1.04. The summed E-state index contributed by atoms with van der Waals surface area (Å²) in [4.78, 5) is 20.6. The van der Waals surface area contributed by atoms with Gasteiger partial charge in [-0.15, -0.1) is 0 Å². The van der Waals surface area contributed by atoms with Crippen molar-refractivity contribution in [1.29, 1.82) is 0 Å². The van der Waals surface area contributed by atoms with Gasteiger partial charge in [-0.2, -0.15) is 0 Å². The first-order chi connectivity index (χ1) is 7.70. The molecule has 2 heterocycles. The van der Waals surface area contributed by atoms with E-state index in [2.05, 4.69) is 20.3 Å². The van der Waals surface area contributed by atoms with Crippen LogP contribution in [0.1, 0.15) is 5.69 Å². The van der Waals surface area contributed by atoms with E-state index < -0.39 is 12.0 Å². The van der Waals surface area contributed by atoms with Crippen molar-refractivity contribution in [2.24, 2.45) is 10.7 Å². The minimum Gasteiger partial charge on any atom is -0.480 e. The number of aliphatic imine (C=N–C) groups is 1. The number of carboxylic acid groups (broad SMARTS) is 1. The van der Waals surface area contributed by atoms with Crippen molar-refractivity contribution in [3.05, 3.63) is 18.2 Å². The Morgan fingerprint density at radius 3 is 2.88 bits per heavy atom. The Bertz CT molecular complexity index is 330. The van der Waals surface area contributed by atoms with Gasteiger partial charge in [-0.05, 0) is 0 Å². The van der Waals surface area contributed by atoms with Crippen molar-refractivity contribution >= 4 is 12.3 Å². The number of aromatic amines is 1. The highest BCUT2D eigenvalue weighted by Crippen LogP contribution is 1.95. The van der Waals surface area contributed by atoms with Crippen LogP contribution in [0, 0.1) is 0 Å². The summed E-state index contributed by atoms with van der Waals surface area (Å²) in [6.07, 6.45) is 5.07. The number of rotatable bonds is 3. The molecule has 88 valence electrons. The molecule has 1 aliphatic rings. The number of hydrogen-bond donors (Lipinski definition) is 4. The molecule has 0 unspecified atom stereocenters. The molecule has 7 nitrogen and oxygen atoms in total. The molecule has 0 bridgehead atoms. The zero-order valence-corrected chi connectivity index (χ0v) is 8.76. The second-order valence-electron chi connectivity index (χ2n) is 3.22. The molecule has 16 heavy (non-hydrogen) atoms. The molecule has 0 saturated heterocycles. The van der Waals surface area contributed by atoms with E-state index in [1.807, 2.05) is 0 Å². The number of aliphatic carboxylic acids is 1. The average molecular weight is 225 g/mol. The van der Waals surface area contributed by atoms with E-state index in [9.17, 15) is 4.79 Å². The lowest BCUT2D eigenvalue weighted by Crippen LogP contribution is -2.32. The summed E-state index contributed by atoms with van der Waals surface area (Å²) >= 11 is 0. The summed E-state index contributed by atoms with van der Waals surface area (Å²) in [6, 6.07) is -0.851. The van der Waals surface area contributed by atoms with E-state index >= 15 is 0 Å². The SMILES string of the molecule is C1=NCCN1.N[C@@H](Cc1cnc[nH]1)C(=O)O. The van der Waals surface area contributed by atoms with Gasteiger partial charge in [0, 0.05) is 24.9 Å². The first kappa shape index (κ1) is 12.2. The van der Waals surface area contributed by atoms with Crippen molar-refractivity contribution in [2.45, 2.75) is 12.5 Å². The predicted octanol–water partition coefficient (Wildman–Crippen LogP) is -1.02. The number of carbonyl (C=O) groups is 1. The van der Waals surface area contributed by atoms with E-state index in [1.165, 1.54) is 6.33 Å². The summed E-state index contributed by atoms with van der Waals surface area (Å²) in [7, 11) is 0. The topological polar surface area (TPSA) is 116 Å². The van der Waals surface area contributed by atoms with Crippen molar-refractivity contribution in [3.63, 3.8) is 0 Å². The quantitative estimate of drug-likeness (QED) is 0.525. The van der Waals surface area contributed by atoms with Crippen LogP contribution < -0.4 is 11.1 Å². The summed E-state index contributed by atoms with van der Waals surface area (Å²) in [5, 5.41) is 11.4. The molecule has 1 aromatic heterocycles. The van der Waals surface area contributed by atoms with Crippen molar-refractivity contribution in [1.82, 2.24) is 15.3 Å². The van der Waals surface area contributed by atoms with Crippen LogP contribution in [0.25, 0.3) is 0 Å². The van der Waals surface area contributed by atoms with Gasteiger partial charge >= 0.3 is 5.97 Å². The maximum atomic E-state index is 10.3. The van der Waals surface area contributed by atoms with Crippen LogP contribution in [0.5, 0.6) is 0 Å². The Hall–Kier alpha value is -1.89. The van der Waals surface area contributed by atoms with Gasteiger partial charge in [0.15, 0.2) is 0 Å². The fourth-order valence-corrected chi connectivity index (χ4v) is 1.04. The molecule has 7 heteroatoms. The van der Waals surface area contributed by atoms with Crippen LogP contribution in [0.4, 0.5) is 0 Å². The number of nitrogens with two attached hydrogens (primary N) is 1. The van der Waals surface area contributed by atoms with E-state index in [-0.39, 0.29) is 6.42 Å². The summed E-state index contributed by atoms with van der Waals surface area (Å²) < 4.78 is 0. The Kier molecular flexibility index (Phi) is 5.00. The Balaban J connectivity index is 0.000000212. The lowest BCUT2D eigenvalue weighted by atomic mass is 10.2. The number of H-pyrrole nitrogens is 1. The maximum absolute atomic E-state index is 10.3. The van der Waals surface area contributed by atoms with Crippen molar-refractivity contribution in [3.8, 4) is 0 Å². The zero-order valence-electron chi connectivity index (χ0n) is 8.76. The third kappa shape index (κ3) is 4.56. The molecule has 1 aliphatic heterocycles. The normalized spacial score (nSPS) is 14.8. The fraction of sp³-hybridized carbons (Fsp3) is 0.444. The Labute approximate surface area is 92.8 Å². The average Bonchev–Trinajstić information content (AvgIpc) is 2.92. The standard InChI is InChI=1S/C6H9N3O2.C3H6N2/c7-5(6(10)11)1-4-2-8-3-9-4;1-2-5-3-4-1/h2-3,5H,1,7H2,(H,8,9)(H,10,11);3H,1-2H2,(H,4,5)/t5-;/m0./s1.